The molecule has 2 atom stereocenters. The Morgan fingerprint density at radius 1 is 1.14 bits per heavy atom. The van der Waals surface area contributed by atoms with Crippen LogP contribution >= 0.6 is 11.3 Å². The topological polar surface area (TPSA) is 53.8 Å². The first-order valence-electron chi connectivity index (χ1n) is 10.3. The van der Waals surface area contributed by atoms with E-state index in [9.17, 15) is 9.59 Å². The van der Waals surface area contributed by atoms with Gasteiger partial charge in [0, 0.05) is 43.2 Å². The fourth-order valence-corrected chi connectivity index (χ4v) is 5.59. The molecule has 0 aliphatic carbocycles. The largest absolute Gasteiger partial charge is 0.451 e. The van der Waals surface area contributed by atoms with Gasteiger partial charge in [-0.15, -0.1) is 11.3 Å². The van der Waals surface area contributed by atoms with Gasteiger partial charge >= 0.3 is 0 Å². The average molecular weight is 409 g/mol. The number of piperidine rings is 2. The fourth-order valence-electron chi connectivity index (χ4n) is 4.85. The fraction of sp³-hybridized carbons (Fsp3) is 0.391. The van der Waals surface area contributed by atoms with Crippen LogP contribution in [0.5, 0.6) is 0 Å². The second-order valence-electron chi connectivity index (χ2n) is 8.04. The van der Waals surface area contributed by atoms with Gasteiger partial charge in [-0.05, 0) is 48.8 Å². The molecule has 2 saturated heterocycles. The highest BCUT2D eigenvalue weighted by Crippen LogP contribution is 2.32. The van der Waals surface area contributed by atoms with Crippen LogP contribution in [0.1, 0.15) is 34.7 Å². The summed E-state index contributed by atoms with van der Waals surface area (Å²) in [6, 6.07) is 13.0. The molecule has 2 fully saturated rings. The van der Waals surface area contributed by atoms with E-state index < -0.39 is 0 Å². The molecule has 2 aromatic heterocycles. The van der Waals surface area contributed by atoms with Gasteiger partial charge in [0.2, 0.25) is 0 Å². The third-order valence-electron chi connectivity index (χ3n) is 6.22. The van der Waals surface area contributed by atoms with Gasteiger partial charge in [0.15, 0.2) is 11.2 Å². The number of hydrogen-bond acceptors (Lipinski definition) is 5. The van der Waals surface area contributed by atoms with Crippen molar-refractivity contribution in [2.24, 2.45) is 5.92 Å². The lowest BCUT2D eigenvalue weighted by Gasteiger charge is -2.47. The van der Waals surface area contributed by atoms with E-state index in [4.69, 9.17) is 4.42 Å². The van der Waals surface area contributed by atoms with Crippen molar-refractivity contribution in [3.63, 3.8) is 0 Å². The molecule has 2 aliphatic rings. The standard InChI is InChI=1S/C23H24N2O3S/c26-20-13-22(28-21-8-2-1-7-18(20)21)23(27)25-10-3-5-16-14-24(11-9-19(16)25)15-17-6-4-12-29-17/h1-2,4,6-8,12-13,16,19H,3,5,9-11,14-15H2/t16-,19-/m1/s1. The average Bonchev–Trinajstić information content (AvgIpc) is 3.25. The highest BCUT2D eigenvalue weighted by molar-refractivity contribution is 7.09. The number of para-hydroxylation sites is 1. The number of nitrogens with zero attached hydrogens (tertiary/aromatic N) is 2. The van der Waals surface area contributed by atoms with E-state index in [1.54, 1.807) is 29.5 Å². The van der Waals surface area contributed by atoms with Crippen molar-refractivity contribution >= 4 is 28.2 Å². The van der Waals surface area contributed by atoms with Gasteiger partial charge in [-0.2, -0.15) is 0 Å². The monoisotopic (exact) mass is 408 g/mol. The van der Waals surface area contributed by atoms with Crippen molar-refractivity contribution in [2.75, 3.05) is 19.6 Å². The number of hydrogen-bond donors (Lipinski definition) is 0. The van der Waals surface area contributed by atoms with Crippen molar-refractivity contribution in [3.05, 3.63) is 68.7 Å². The van der Waals surface area contributed by atoms with Crippen molar-refractivity contribution in [1.82, 2.24) is 9.80 Å². The van der Waals surface area contributed by atoms with Crippen LogP contribution in [0.3, 0.4) is 0 Å². The van der Waals surface area contributed by atoms with Crippen LogP contribution in [0.15, 0.2) is 57.1 Å². The normalized spacial score (nSPS) is 22.6. The summed E-state index contributed by atoms with van der Waals surface area (Å²) in [4.78, 5) is 31.6. The van der Waals surface area contributed by atoms with E-state index >= 15 is 0 Å². The lowest BCUT2D eigenvalue weighted by molar-refractivity contribution is 0.0166. The third kappa shape index (κ3) is 3.63. The van der Waals surface area contributed by atoms with Crippen molar-refractivity contribution in [1.29, 1.82) is 0 Å². The smallest absolute Gasteiger partial charge is 0.289 e. The molecule has 0 N–H and O–H groups in total. The van der Waals surface area contributed by atoms with Gasteiger partial charge in [0.25, 0.3) is 5.91 Å². The molecule has 0 radical (unpaired) electrons. The molecule has 5 nitrogen and oxygen atoms in total. The van der Waals surface area contributed by atoms with Gasteiger partial charge < -0.3 is 9.32 Å². The molecule has 150 valence electrons. The number of fused-ring (bicyclic) bond motifs is 2. The quantitative estimate of drug-likeness (QED) is 0.658. The Kier molecular flexibility index (Phi) is 4.97. The summed E-state index contributed by atoms with van der Waals surface area (Å²) in [5, 5.41) is 2.64. The summed E-state index contributed by atoms with van der Waals surface area (Å²) in [7, 11) is 0. The molecule has 6 heteroatoms. The maximum Gasteiger partial charge on any atom is 0.289 e. The Bertz CT molecular complexity index is 1080. The Labute approximate surface area is 173 Å². The van der Waals surface area contributed by atoms with Crippen LogP contribution in [0.25, 0.3) is 11.0 Å². The molecule has 29 heavy (non-hydrogen) atoms. The highest BCUT2D eigenvalue weighted by atomic mass is 32.1. The van der Waals surface area contributed by atoms with E-state index in [1.165, 1.54) is 10.9 Å². The van der Waals surface area contributed by atoms with Gasteiger partial charge in [-0.25, -0.2) is 0 Å². The molecule has 3 aromatic rings. The maximum absolute atomic E-state index is 13.3. The summed E-state index contributed by atoms with van der Waals surface area (Å²) in [6.45, 7) is 3.74. The Hall–Kier alpha value is -2.44. The van der Waals surface area contributed by atoms with Crippen LogP contribution in [0.4, 0.5) is 0 Å². The second kappa shape index (κ2) is 7.76. The first-order chi connectivity index (χ1) is 14.2. The molecule has 0 bridgehead atoms. The minimum atomic E-state index is -0.158. The number of carbonyl (C=O) groups excluding carboxylic acids is 1. The van der Waals surface area contributed by atoms with Crippen LogP contribution in [-0.4, -0.2) is 41.4 Å². The first kappa shape index (κ1) is 18.6. The van der Waals surface area contributed by atoms with Gasteiger partial charge in [-0.3, -0.25) is 14.5 Å². The number of rotatable bonds is 3. The van der Waals surface area contributed by atoms with E-state index in [0.29, 0.717) is 16.9 Å². The third-order valence-corrected chi connectivity index (χ3v) is 7.08. The molecule has 0 saturated carbocycles. The number of likely N-dealkylation sites (tertiary alicyclic amines) is 2. The lowest BCUT2D eigenvalue weighted by atomic mass is 9.83. The molecule has 1 amide bonds. The highest BCUT2D eigenvalue weighted by Gasteiger charge is 2.39. The summed E-state index contributed by atoms with van der Waals surface area (Å²) in [5.74, 6) is 0.498. The predicted molar refractivity (Wildman–Crippen MR) is 114 cm³/mol. The second-order valence-corrected chi connectivity index (χ2v) is 9.07. The zero-order valence-electron chi connectivity index (χ0n) is 16.3. The van der Waals surface area contributed by atoms with E-state index in [0.717, 1.165) is 45.4 Å². The van der Waals surface area contributed by atoms with Crippen LogP contribution in [-0.2, 0) is 6.54 Å². The van der Waals surface area contributed by atoms with Crippen LogP contribution in [0, 0.1) is 5.92 Å². The summed E-state index contributed by atoms with van der Waals surface area (Å²) in [5.41, 5.74) is 0.317. The predicted octanol–water partition coefficient (Wildman–Crippen LogP) is 3.98. The van der Waals surface area contributed by atoms with E-state index in [1.807, 2.05) is 11.0 Å². The van der Waals surface area contributed by atoms with Gasteiger partial charge in [0.1, 0.15) is 5.58 Å². The molecular formula is C23H24N2O3S. The van der Waals surface area contributed by atoms with Crippen molar-refractivity contribution in [2.45, 2.75) is 31.8 Å². The summed E-state index contributed by atoms with van der Waals surface area (Å²) >= 11 is 1.80. The number of carbonyl (C=O) groups is 1. The zero-order valence-corrected chi connectivity index (χ0v) is 17.1. The SMILES string of the molecule is O=C(c1cc(=O)c2ccccc2o1)N1CCC[C@@H]2CN(Cc3cccs3)CC[C@H]21. The number of thiophene rings is 1. The number of amides is 1. The van der Waals surface area contributed by atoms with Crippen molar-refractivity contribution in [3.8, 4) is 0 Å². The minimum Gasteiger partial charge on any atom is -0.451 e. The first-order valence-corrected chi connectivity index (χ1v) is 11.2. The Balaban J connectivity index is 1.35. The maximum atomic E-state index is 13.3. The summed E-state index contributed by atoms with van der Waals surface area (Å²) in [6.07, 6.45) is 3.12. The van der Waals surface area contributed by atoms with Crippen LogP contribution in [0.2, 0.25) is 0 Å². The molecule has 1 aromatic carbocycles. The van der Waals surface area contributed by atoms with E-state index in [-0.39, 0.29) is 23.1 Å². The Morgan fingerprint density at radius 3 is 2.90 bits per heavy atom. The minimum absolute atomic E-state index is 0.144. The Morgan fingerprint density at radius 2 is 2.03 bits per heavy atom. The van der Waals surface area contributed by atoms with Gasteiger partial charge in [-0.1, -0.05) is 18.2 Å². The molecule has 2 aliphatic heterocycles. The summed E-state index contributed by atoms with van der Waals surface area (Å²) < 4.78 is 5.83. The molecule has 5 rings (SSSR count). The molecule has 0 spiro atoms. The molecule has 0 unspecified atom stereocenters. The molecular weight excluding hydrogens is 384 g/mol. The van der Waals surface area contributed by atoms with E-state index in [2.05, 4.69) is 22.4 Å². The lowest BCUT2D eigenvalue weighted by Crippen LogP contribution is -2.55. The van der Waals surface area contributed by atoms with Gasteiger partial charge in [0.05, 0.1) is 5.39 Å². The number of benzene rings is 1. The zero-order chi connectivity index (χ0) is 19.8. The molecule has 4 heterocycles. The van der Waals surface area contributed by atoms with Crippen molar-refractivity contribution < 1.29 is 9.21 Å². The van der Waals surface area contributed by atoms with Crippen LogP contribution < -0.4 is 5.43 Å².